The van der Waals surface area contributed by atoms with Crippen LogP contribution in [0.5, 0.6) is 0 Å². The van der Waals surface area contributed by atoms with Gasteiger partial charge in [0, 0.05) is 0 Å². The van der Waals surface area contributed by atoms with E-state index in [4.69, 9.17) is 6.57 Å². The Bertz CT molecular complexity index is 426. The SMILES string of the molecule is [C-]#[N+]c1cccc([C@@H](O)C2CC(C)(C)C2)n1. The van der Waals surface area contributed by atoms with Crippen LogP contribution in [0.4, 0.5) is 5.82 Å². The minimum absolute atomic E-state index is 0.295. The Morgan fingerprint density at radius 2 is 2.19 bits per heavy atom. The summed E-state index contributed by atoms with van der Waals surface area (Å²) in [5.41, 5.74) is 0.984. The van der Waals surface area contributed by atoms with Crippen molar-refractivity contribution in [2.75, 3.05) is 0 Å². The number of nitrogens with zero attached hydrogens (tertiary/aromatic N) is 2. The van der Waals surface area contributed by atoms with Crippen molar-refractivity contribution in [1.29, 1.82) is 0 Å². The number of aliphatic hydroxyl groups excluding tert-OH is 1. The first-order valence-corrected chi connectivity index (χ1v) is 5.54. The second-order valence-electron chi connectivity index (χ2n) is 5.31. The summed E-state index contributed by atoms with van der Waals surface area (Å²) >= 11 is 0. The fourth-order valence-electron chi connectivity index (χ4n) is 2.49. The summed E-state index contributed by atoms with van der Waals surface area (Å²) in [7, 11) is 0. The first-order valence-electron chi connectivity index (χ1n) is 5.54. The topological polar surface area (TPSA) is 37.5 Å². The molecule has 0 saturated heterocycles. The van der Waals surface area contributed by atoms with Crippen molar-refractivity contribution >= 4 is 5.82 Å². The van der Waals surface area contributed by atoms with Crippen LogP contribution in [0.25, 0.3) is 4.85 Å². The fourth-order valence-corrected chi connectivity index (χ4v) is 2.49. The number of aromatic nitrogens is 1. The highest BCUT2D eigenvalue weighted by Gasteiger charge is 2.41. The summed E-state index contributed by atoms with van der Waals surface area (Å²) in [6.07, 6.45) is 1.53. The monoisotopic (exact) mass is 216 g/mol. The van der Waals surface area contributed by atoms with Gasteiger partial charge in [0.25, 0.3) is 5.82 Å². The van der Waals surface area contributed by atoms with Gasteiger partial charge >= 0.3 is 0 Å². The lowest BCUT2D eigenvalue weighted by atomic mass is 9.62. The number of hydrogen-bond donors (Lipinski definition) is 1. The summed E-state index contributed by atoms with van der Waals surface area (Å²) in [6, 6.07) is 5.24. The second kappa shape index (κ2) is 3.88. The maximum atomic E-state index is 10.1. The first kappa shape index (κ1) is 11.1. The number of aliphatic hydroxyl groups is 1. The van der Waals surface area contributed by atoms with Crippen LogP contribution < -0.4 is 0 Å². The van der Waals surface area contributed by atoms with Gasteiger partial charge in [-0.3, -0.25) is 0 Å². The zero-order valence-corrected chi connectivity index (χ0v) is 9.64. The lowest BCUT2D eigenvalue weighted by Crippen LogP contribution is -2.35. The highest BCUT2D eigenvalue weighted by Crippen LogP contribution is 2.49. The first-order chi connectivity index (χ1) is 7.52. The third-order valence-corrected chi connectivity index (χ3v) is 3.25. The molecule has 1 N–H and O–H groups in total. The van der Waals surface area contributed by atoms with Crippen molar-refractivity contribution in [3.63, 3.8) is 0 Å². The molecule has 1 saturated carbocycles. The van der Waals surface area contributed by atoms with Gasteiger partial charge in [0.15, 0.2) is 5.69 Å². The molecule has 1 aliphatic rings. The number of pyridine rings is 1. The standard InChI is InChI=1S/C13H16N2O/c1-13(2)7-9(8-13)12(16)10-5-4-6-11(14-3)15-10/h4-6,9,12,16H,7-8H2,1-2H3/t12-/m0/s1. The van der Waals surface area contributed by atoms with Crippen LogP contribution in [0.1, 0.15) is 38.5 Å². The van der Waals surface area contributed by atoms with Crippen LogP contribution in [0.3, 0.4) is 0 Å². The Morgan fingerprint density at radius 3 is 2.75 bits per heavy atom. The largest absolute Gasteiger partial charge is 0.384 e. The molecule has 0 aliphatic heterocycles. The Morgan fingerprint density at radius 1 is 1.50 bits per heavy atom. The van der Waals surface area contributed by atoms with Crippen molar-refractivity contribution in [3.8, 4) is 0 Å². The smallest absolute Gasteiger partial charge is 0.269 e. The van der Waals surface area contributed by atoms with Crippen LogP contribution in [-0.2, 0) is 0 Å². The Kier molecular flexibility index (Phi) is 2.69. The van der Waals surface area contributed by atoms with Crippen molar-refractivity contribution in [3.05, 3.63) is 35.3 Å². The third kappa shape index (κ3) is 2.07. The van der Waals surface area contributed by atoms with E-state index in [2.05, 4.69) is 23.7 Å². The minimum atomic E-state index is -0.519. The van der Waals surface area contributed by atoms with E-state index in [-0.39, 0.29) is 0 Å². The maximum absolute atomic E-state index is 10.1. The van der Waals surface area contributed by atoms with Crippen molar-refractivity contribution in [2.45, 2.75) is 32.8 Å². The molecule has 16 heavy (non-hydrogen) atoms. The van der Waals surface area contributed by atoms with E-state index < -0.39 is 6.10 Å². The molecule has 1 aliphatic carbocycles. The Labute approximate surface area is 96.0 Å². The van der Waals surface area contributed by atoms with E-state index in [1.165, 1.54) is 0 Å². The lowest BCUT2D eigenvalue weighted by Gasteiger charge is -2.44. The van der Waals surface area contributed by atoms with Gasteiger partial charge in [-0.1, -0.05) is 26.5 Å². The summed E-state index contributed by atoms with van der Waals surface area (Å²) in [6.45, 7) is 11.3. The van der Waals surface area contributed by atoms with E-state index in [9.17, 15) is 5.11 Å². The Balaban J connectivity index is 2.10. The third-order valence-electron chi connectivity index (χ3n) is 3.25. The molecule has 3 nitrogen and oxygen atoms in total. The van der Waals surface area contributed by atoms with Gasteiger partial charge in [0.2, 0.25) is 0 Å². The van der Waals surface area contributed by atoms with Crippen molar-refractivity contribution < 1.29 is 5.11 Å². The Hall–Kier alpha value is -1.40. The molecule has 0 amide bonds. The van der Waals surface area contributed by atoms with Crippen LogP contribution in [0, 0.1) is 17.9 Å². The fraction of sp³-hybridized carbons (Fsp3) is 0.538. The molecule has 1 aromatic heterocycles. The van der Waals surface area contributed by atoms with E-state index in [0.29, 0.717) is 22.8 Å². The molecule has 1 heterocycles. The van der Waals surface area contributed by atoms with Gasteiger partial charge in [0.05, 0.1) is 0 Å². The lowest BCUT2D eigenvalue weighted by molar-refractivity contribution is -0.0166. The molecule has 1 aromatic rings. The molecular formula is C13H16N2O. The van der Waals surface area contributed by atoms with Crippen LogP contribution >= 0.6 is 0 Å². The summed E-state index contributed by atoms with van der Waals surface area (Å²) in [4.78, 5) is 7.41. The van der Waals surface area contributed by atoms with E-state index in [0.717, 1.165) is 12.8 Å². The van der Waals surface area contributed by atoms with Gasteiger partial charge in [-0.15, -0.1) is 4.98 Å². The average Bonchev–Trinajstić information content (AvgIpc) is 2.25. The zero-order chi connectivity index (χ0) is 11.8. The number of rotatable bonds is 2. The maximum Gasteiger partial charge on any atom is 0.269 e. The highest BCUT2D eigenvalue weighted by atomic mass is 16.3. The van der Waals surface area contributed by atoms with Gasteiger partial charge in [0.1, 0.15) is 6.10 Å². The minimum Gasteiger partial charge on any atom is -0.384 e. The molecule has 0 spiro atoms. The molecule has 0 radical (unpaired) electrons. The molecule has 2 rings (SSSR count). The van der Waals surface area contributed by atoms with Gasteiger partial charge in [-0.05, 0) is 36.3 Å². The average molecular weight is 216 g/mol. The zero-order valence-electron chi connectivity index (χ0n) is 9.64. The predicted octanol–water partition coefficient (Wildman–Crippen LogP) is 3.10. The summed E-state index contributed by atoms with van der Waals surface area (Å²) in [5, 5.41) is 10.1. The van der Waals surface area contributed by atoms with Gasteiger partial charge in [-0.2, -0.15) is 0 Å². The molecule has 0 aromatic carbocycles. The molecule has 0 bridgehead atoms. The molecule has 1 fully saturated rings. The quantitative estimate of drug-likeness (QED) is 0.771. The summed E-state index contributed by atoms with van der Waals surface area (Å²) < 4.78 is 0. The molecular weight excluding hydrogens is 200 g/mol. The van der Waals surface area contributed by atoms with Gasteiger partial charge in [-0.25, -0.2) is 0 Å². The van der Waals surface area contributed by atoms with Crippen LogP contribution in [0.15, 0.2) is 18.2 Å². The molecule has 0 unspecified atom stereocenters. The predicted molar refractivity (Wildman–Crippen MR) is 62.0 cm³/mol. The highest BCUT2D eigenvalue weighted by molar-refractivity contribution is 5.36. The second-order valence-corrected chi connectivity index (χ2v) is 5.31. The van der Waals surface area contributed by atoms with Crippen LogP contribution in [-0.4, -0.2) is 10.1 Å². The van der Waals surface area contributed by atoms with Crippen LogP contribution in [0.2, 0.25) is 0 Å². The number of hydrogen-bond acceptors (Lipinski definition) is 2. The molecule has 3 heteroatoms. The van der Waals surface area contributed by atoms with E-state index in [1.807, 2.05) is 0 Å². The molecule has 1 atom stereocenters. The van der Waals surface area contributed by atoms with E-state index >= 15 is 0 Å². The van der Waals surface area contributed by atoms with Crippen molar-refractivity contribution in [2.24, 2.45) is 11.3 Å². The normalized spacial score (nSPS) is 20.9. The van der Waals surface area contributed by atoms with E-state index in [1.54, 1.807) is 18.2 Å². The molecule has 84 valence electrons. The summed E-state index contributed by atoms with van der Waals surface area (Å²) in [5.74, 6) is 0.651. The van der Waals surface area contributed by atoms with Gasteiger partial charge < -0.3 is 9.95 Å². The van der Waals surface area contributed by atoms with Crippen molar-refractivity contribution in [1.82, 2.24) is 4.98 Å².